The first kappa shape index (κ1) is 25.4. The number of nitrogens with zero attached hydrogens (tertiary/aromatic N) is 1. The van der Waals surface area contributed by atoms with Crippen molar-refractivity contribution < 1.29 is 19.5 Å². The largest absolute Gasteiger partial charge is 0.390 e. The number of carbonyl (C=O) groups is 3. The number of anilines is 1. The summed E-state index contributed by atoms with van der Waals surface area (Å²) in [7, 11) is 0. The SMILES string of the molecule is O=C(CNC(=O)c1ccccc1)Nc1ccc(CC2CCN(C3C4CC5CC3CC(O)(C5)C4)C2=O)c(Cl)c1. The quantitative estimate of drug-likeness (QED) is 0.498. The van der Waals surface area contributed by atoms with Crippen molar-refractivity contribution in [3.63, 3.8) is 0 Å². The number of likely N-dealkylation sites (tertiary alicyclic amines) is 1. The number of halogens is 1. The van der Waals surface area contributed by atoms with Crippen LogP contribution in [0, 0.1) is 23.7 Å². The number of rotatable bonds is 7. The average molecular weight is 536 g/mol. The van der Waals surface area contributed by atoms with E-state index in [9.17, 15) is 19.5 Å². The summed E-state index contributed by atoms with van der Waals surface area (Å²) >= 11 is 6.57. The van der Waals surface area contributed by atoms with Gasteiger partial charge in [0.1, 0.15) is 0 Å². The summed E-state index contributed by atoms with van der Waals surface area (Å²) in [5.74, 6) is 0.948. The van der Waals surface area contributed by atoms with E-state index in [0.29, 0.717) is 40.4 Å². The first-order valence-electron chi connectivity index (χ1n) is 13.7. The minimum absolute atomic E-state index is 0.0959. The van der Waals surface area contributed by atoms with Gasteiger partial charge >= 0.3 is 0 Å². The zero-order valence-electron chi connectivity index (χ0n) is 21.4. The number of hydrogen-bond donors (Lipinski definition) is 3. The van der Waals surface area contributed by atoms with Crippen molar-refractivity contribution in [1.29, 1.82) is 0 Å². The summed E-state index contributed by atoms with van der Waals surface area (Å²) in [5, 5.41) is 16.8. The third-order valence-electron chi connectivity index (χ3n) is 9.15. The van der Waals surface area contributed by atoms with Crippen LogP contribution in [0.5, 0.6) is 0 Å². The molecule has 200 valence electrons. The van der Waals surface area contributed by atoms with E-state index < -0.39 is 5.60 Å². The summed E-state index contributed by atoms with van der Waals surface area (Å²) in [6, 6.07) is 14.4. The minimum atomic E-state index is -0.493. The Bertz CT molecular complexity index is 1240. The first-order valence-corrected chi connectivity index (χ1v) is 14.1. The standard InChI is InChI=1S/C30H34ClN3O4/c31-25-13-24(33-26(35)17-32-28(36)19-4-2-1-3-5-19)7-6-20(25)12-21-8-9-34(29(21)37)27-22-10-18-11-23(27)16-30(38,14-18)15-22/h1-7,13,18,21-23,27,38H,8-12,14-17H2,(H,32,36)(H,33,35). The molecule has 5 fully saturated rings. The Hall–Kier alpha value is -2.90. The maximum absolute atomic E-state index is 13.5. The molecule has 3 N–H and O–H groups in total. The fourth-order valence-corrected chi connectivity index (χ4v) is 8.08. The highest BCUT2D eigenvalue weighted by Crippen LogP contribution is 2.57. The van der Waals surface area contributed by atoms with Crippen LogP contribution in [0.25, 0.3) is 0 Å². The molecule has 0 spiro atoms. The molecule has 0 radical (unpaired) electrons. The molecule has 38 heavy (non-hydrogen) atoms. The number of nitrogens with one attached hydrogen (secondary N) is 2. The predicted octanol–water partition coefficient (Wildman–Crippen LogP) is 4.04. The molecule has 2 aromatic rings. The van der Waals surface area contributed by atoms with Gasteiger partial charge in [0.2, 0.25) is 11.8 Å². The average Bonchev–Trinajstić information content (AvgIpc) is 3.23. The van der Waals surface area contributed by atoms with E-state index in [1.165, 1.54) is 0 Å². The van der Waals surface area contributed by atoms with Crippen molar-refractivity contribution in [2.24, 2.45) is 23.7 Å². The number of benzene rings is 2. The van der Waals surface area contributed by atoms with Crippen molar-refractivity contribution in [3.8, 4) is 0 Å². The molecule has 8 heteroatoms. The molecular weight excluding hydrogens is 502 g/mol. The van der Waals surface area contributed by atoms with Gasteiger partial charge in [0.25, 0.3) is 5.91 Å². The van der Waals surface area contributed by atoms with Crippen LogP contribution >= 0.6 is 11.6 Å². The van der Waals surface area contributed by atoms with Gasteiger partial charge < -0.3 is 20.6 Å². The Morgan fingerprint density at radius 2 is 1.79 bits per heavy atom. The smallest absolute Gasteiger partial charge is 0.251 e. The van der Waals surface area contributed by atoms with E-state index in [-0.39, 0.29) is 36.2 Å². The lowest BCUT2D eigenvalue weighted by molar-refractivity contribution is -0.168. The molecule has 1 saturated heterocycles. The zero-order valence-corrected chi connectivity index (χ0v) is 22.1. The van der Waals surface area contributed by atoms with Crippen LogP contribution in [0.15, 0.2) is 48.5 Å². The lowest BCUT2D eigenvalue weighted by Crippen LogP contribution is -2.62. The summed E-state index contributed by atoms with van der Waals surface area (Å²) in [6.07, 6.45) is 6.31. The molecule has 1 aliphatic heterocycles. The van der Waals surface area contributed by atoms with E-state index in [0.717, 1.165) is 50.6 Å². The fourth-order valence-electron chi connectivity index (χ4n) is 7.83. The van der Waals surface area contributed by atoms with Crippen molar-refractivity contribution in [3.05, 3.63) is 64.7 Å². The van der Waals surface area contributed by atoms with Crippen molar-refractivity contribution in [1.82, 2.24) is 10.2 Å². The molecule has 4 saturated carbocycles. The van der Waals surface area contributed by atoms with E-state index >= 15 is 0 Å². The summed E-state index contributed by atoms with van der Waals surface area (Å²) in [5.41, 5.74) is 1.44. The molecule has 4 bridgehead atoms. The van der Waals surface area contributed by atoms with Gasteiger partial charge in [-0.1, -0.05) is 35.9 Å². The van der Waals surface area contributed by atoms with Gasteiger partial charge in [0.05, 0.1) is 12.1 Å². The Kier molecular flexibility index (Phi) is 6.68. The second kappa shape index (κ2) is 10.0. The second-order valence-electron chi connectivity index (χ2n) is 11.8. The molecule has 7 nitrogen and oxygen atoms in total. The monoisotopic (exact) mass is 535 g/mol. The lowest BCUT2D eigenvalue weighted by Gasteiger charge is -2.59. The van der Waals surface area contributed by atoms with E-state index in [1.54, 1.807) is 36.4 Å². The van der Waals surface area contributed by atoms with Gasteiger partial charge in [-0.2, -0.15) is 0 Å². The molecule has 3 unspecified atom stereocenters. The van der Waals surface area contributed by atoms with E-state index in [4.69, 9.17) is 11.6 Å². The summed E-state index contributed by atoms with van der Waals surface area (Å²) in [6.45, 7) is 0.630. The predicted molar refractivity (Wildman–Crippen MR) is 145 cm³/mol. The normalized spacial score (nSPS) is 31.5. The molecule has 2 aromatic carbocycles. The fraction of sp³-hybridized carbons (Fsp3) is 0.500. The highest BCUT2D eigenvalue weighted by Gasteiger charge is 2.57. The van der Waals surface area contributed by atoms with E-state index in [1.807, 2.05) is 12.1 Å². The molecule has 5 aliphatic rings. The van der Waals surface area contributed by atoms with Gasteiger partial charge in [-0.25, -0.2) is 0 Å². The Labute approximate surface area is 227 Å². The van der Waals surface area contributed by atoms with Crippen LogP contribution < -0.4 is 10.6 Å². The minimum Gasteiger partial charge on any atom is -0.390 e. The van der Waals surface area contributed by atoms with Crippen molar-refractivity contribution in [2.45, 2.75) is 56.6 Å². The third-order valence-corrected chi connectivity index (χ3v) is 9.50. The zero-order chi connectivity index (χ0) is 26.4. The number of hydrogen-bond acceptors (Lipinski definition) is 4. The van der Waals surface area contributed by atoms with Gasteiger partial charge in [0, 0.05) is 34.8 Å². The molecule has 3 atom stereocenters. The van der Waals surface area contributed by atoms with Gasteiger partial charge in [-0.15, -0.1) is 0 Å². The first-order chi connectivity index (χ1) is 18.3. The molecule has 3 amide bonds. The van der Waals surface area contributed by atoms with Gasteiger partial charge in [-0.3, -0.25) is 14.4 Å². The maximum atomic E-state index is 13.5. The Morgan fingerprint density at radius 3 is 2.47 bits per heavy atom. The summed E-state index contributed by atoms with van der Waals surface area (Å²) < 4.78 is 0. The third kappa shape index (κ3) is 4.94. The molecule has 7 rings (SSSR count). The topological polar surface area (TPSA) is 98.7 Å². The second-order valence-corrected chi connectivity index (χ2v) is 12.2. The highest BCUT2D eigenvalue weighted by atomic mass is 35.5. The molecular formula is C30H34ClN3O4. The van der Waals surface area contributed by atoms with Crippen LogP contribution in [0.3, 0.4) is 0 Å². The molecule has 1 heterocycles. The number of aliphatic hydroxyl groups is 1. The van der Waals surface area contributed by atoms with Crippen LogP contribution in [-0.2, 0) is 16.0 Å². The van der Waals surface area contributed by atoms with Gasteiger partial charge in [0.15, 0.2) is 0 Å². The Balaban J connectivity index is 1.03. The van der Waals surface area contributed by atoms with Gasteiger partial charge in [-0.05, 0) is 92.5 Å². The number of amides is 3. The maximum Gasteiger partial charge on any atom is 0.251 e. The lowest BCUT2D eigenvalue weighted by atomic mass is 9.52. The van der Waals surface area contributed by atoms with Crippen molar-refractivity contribution >= 4 is 35.0 Å². The highest BCUT2D eigenvalue weighted by molar-refractivity contribution is 6.31. The van der Waals surface area contributed by atoms with Crippen LogP contribution in [0.4, 0.5) is 5.69 Å². The van der Waals surface area contributed by atoms with Crippen LogP contribution in [0.1, 0.15) is 54.4 Å². The van der Waals surface area contributed by atoms with Crippen LogP contribution in [0.2, 0.25) is 5.02 Å². The Morgan fingerprint density at radius 1 is 1.05 bits per heavy atom. The number of carbonyl (C=O) groups excluding carboxylic acids is 3. The summed E-state index contributed by atoms with van der Waals surface area (Å²) in [4.78, 5) is 40.1. The van der Waals surface area contributed by atoms with Crippen LogP contribution in [-0.4, -0.2) is 52.5 Å². The molecule has 4 aliphatic carbocycles. The molecule has 0 aromatic heterocycles. The van der Waals surface area contributed by atoms with E-state index in [2.05, 4.69) is 15.5 Å². The van der Waals surface area contributed by atoms with Crippen molar-refractivity contribution in [2.75, 3.05) is 18.4 Å².